The van der Waals surface area contributed by atoms with E-state index < -0.39 is 5.82 Å². The summed E-state index contributed by atoms with van der Waals surface area (Å²) in [6.07, 6.45) is 3.12. The summed E-state index contributed by atoms with van der Waals surface area (Å²) in [6.45, 7) is 2.66. The number of nitrogens with one attached hydrogen (secondary N) is 2. The predicted octanol–water partition coefficient (Wildman–Crippen LogP) is 5.05. The number of halogens is 2. The van der Waals surface area contributed by atoms with Crippen molar-refractivity contribution in [3.05, 3.63) is 88.5 Å². The Kier molecular flexibility index (Phi) is 5.49. The van der Waals surface area contributed by atoms with Crippen LogP contribution in [-0.2, 0) is 6.54 Å². The summed E-state index contributed by atoms with van der Waals surface area (Å²) >= 11 is 5.73. The molecule has 0 aliphatic heterocycles. The average Bonchev–Trinajstić information content (AvgIpc) is 2.64. The molecule has 4 nitrogen and oxygen atoms in total. The van der Waals surface area contributed by atoms with Gasteiger partial charge in [-0.1, -0.05) is 41.4 Å². The molecule has 6 heteroatoms. The van der Waals surface area contributed by atoms with E-state index in [-0.39, 0.29) is 10.9 Å². The van der Waals surface area contributed by atoms with Crippen LogP contribution in [0.1, 0.15) is 21.5 Å². The SMILES string of the molecule is Cc1ccc(CNc2cncc(C(=O)Nc3ccc(F)c(Cl)c3)c2)cc1. The lowest BCUT2D eigenvalue weighted by Crippen LogP contribution is -2.13. The summed E-state index contributed by atoms with van der Waals surface area (Å²) in [5.74, 6) is -0.882. The largest absolute Gasteiger partial charge is 0.380 e. The highest BCUT2D eigenvalue weighted by molar-refractivity contribution is 6.31. The van der Waals surface area contributed by atoms with Crippen LogP contribution in [0.3, 0.4) is 0 Å². The Morgan fingerprint density at radius 1 is 1.08 bits per heavy atom. The van der Waals surface area contributed by atoms with Crippen molar-refractivity contribution < 1.29 is 9.18 Å². The molecule has 132 valence electrons. The van der Waals surface area contributed by atoms with Gasteiger partial charge in [0.1, 0.15) is 5.82 Å². The second kappa shape index (κ2) is 7.97. The van der Waals surface area contributed by atoms with Crippen LogP contribution in [0.2, 0.25) is 5.02 Å². The molecule has 0 unspecified atom stereocenters. The van der Waals surface area contributed by atoms with E-state index in [1.807, 2.05) is 31.2 Å². The van der Waals surface area contributed by atoms with Gasteiger partial charge in [-0.3, -0.25) is 9.78 Å². The number of aryl methyl sites for hydroxylation is 1. The maximum absolute atomic E-state index is 13.2. The van der Waals surface area contributed by atoms with Crippen molar-refractivity contribution in [1.29, 1.82) is 0 Å². The first-order valence-corrected chi connectivity index (χ1v) is 8.40. The Labute approximate surface area is 156 Å². The number of anilines is 2. The molecule has 0 aliphatic rings. The molecule has 1 amide bonds. The van der Waals surface area contributed by atoms with Gasteiger partial charge in [-0.25, -0.2) is 4.39 Å². The molecule has 0 saturated carbocycles. The van der Waals surface area contributed by atoms with Gasteiger partial charge in [-0.15, -0.1) is 0 Å². The molecule has 3 rings (SSSR count). The molecule has 0 radical (unpaired) electrons. The van der Waals surface area contributed by atoms with Crippen LogP contribution in [0.5, 0.6) is 0 Å². The highest BCUT2D eigenvalue weighted by atomic mass is 35.5. The highest BCUT2D eigenvalue weighted by Gasteiger charge is 2.09. The number of nitrogens with zero attached hydrogens (tertiary/aromatic N) is 1. The van der Waals surface area contributed by atoms with Gasteiger partial charge in [0.25, 0.3) is 5.91 Å². The fourth-order valence-electron chi connectivity index (χ4n) is 2.35. The van der Waals surface area contributed by atoms with Crippen LogP contribution in [0.15, 0.2) is 60.9 Å². The zero-order chi connectivity index (χ0) is 18.5. The van der Waals surface area contributed by atoms with Gasteiger partial charge < -0.3 is 10.6 Å². The van der Waals surface area contributed by atoms with E-state index >= 15 is 0 Å². The summed E-state index contributed by atoms with van der Waals surface area (Å²) in [5, 5.41) is 5.87. The summed E-state index contributed by atoms with van der Waals surface area (Å²) < 4.78 is 13.2. The number of rotatable bonds is 5. The lowest BCUT2D eigenvalue weighted by molar-refractivity contribution is 0.102. The predicted molar refractivity (Wildman–Crippen MR) is 102 cm³/mol. The van der Waals surface area contributed by atoms with Gasteiger partial charge in [0.2, 0.25) is 0 Å². The van der Waals surface area contributed by atoms with Gasteiger partial charge in [-0.05, 0) is 36.8 Å². The van der Waals surface area contributed by atoms with Crippen molar-refractivity contribution in [3.8, 4) is 0 Å². The van der Waals surface area contributed by atoms with Crippen LogP contribution in [0, 0.1) is 12.7 Å². The molecule has 1 heterocycles. The molecule has 0 aliphatic carbocycles. The van der Waals surface area contributed by atoms with Crippen molar-refractivity contribution in [2.24, 2.45) is 0 Å². The number of aromatic nitrogens is 1. The van der Waals surface area contributed by atoms with E-state index in [2.05, 4.69) is 15.6 Å². The molecule has 0 atom stereocenters. The standard InChI is InChI=1S/C20H17ClFN3O/c1-13-2-4-14(5-3-13)10-24-17-8-15(11-23-12-17)20(26)25-16-6-7-19(22)18(21)9-16/h2-9,11-12,24H,10H2,1H3,(H,25,26). The molecule has 0 saturated heterocycles. The van der Waals surface area contributed by atoms with Gasteiger partial charge in [0.05, 0.1) is 16.3 Å². The van der Waals surface area contributed by atoms with Crippen molar-refractivity contribution in [3.63, 3.8) is 0 Å². The third-order valence-corrected chi connectivity index (χ3v) is 4.08. The molecule has 26 heavy (non-hydrogen) atoms. The second-order valence-corrected chi connectivity index (χ2v) is 6.29. The minimum absolute atomic E-state index is 0.0468. The zero-order valence-electron chi connectivity index (χ0n) is 14.1. The lowest BCUT2D eigenvalue weighted by atomic mass is 10.1. The van der Waals surface area contributed by atoms with E-state index in [4.69, 9.17) is 11.6 Å². The molecular weight excluding hydrogens is 353 g/mol. The third-order valence-electron chi connectivity index (χ3n) is 3.80. The minimum atomic E-state index is -0.534. The van der Waals surface area contributed by atoms with Crippen molar-refractivity contribution >= 4 is 28.9 Å². The van der Waals surface area contributed by atoms with Crippen LogP contribution in [0.4, 0.5) is 15.8 Å². The number of carbonyl (C=O) groups is 1. The molecule has 0 fully saturated rings. The number of benzene rings is 2. The smallest absolute Gasteiger partial charge is 0.257 e. The second-order valence-electron chi connectivity index (χ2n) is 5.88. The molecule has 0 spiro atoms. The van der Waals surface area contributed by atoms with Crippen molar-refractivity contribution in [1.82, 2.24) is 4.98 Å². The van der Waals surface area contributed by atoms with E-state index in [1.54, 1.807) is 12.3 Å². The molecule has 2 N–H and O–H groups in total. The number of hydrogen-bond donors (Lipinski definition) is 2. The van der Waals surface area contributed by atoms with Crippen LogP contribution in [0.25, 0.3) is 0 Å². The molecule has 3 aromatic rings. The maximum atomic E-state index is 13.2. The van der Waals surface area contributed by atoms with Crippen LogP contribution in [-0.4, -0.2) is 10.9 Å². The maximum Gasteiger partial charge on any atom is 0.257 e. The Bertz CT molecular complexity index is 929. The van der Waals surface area contributed by atoms with Gasteiger partial charge in [0, 0.05) is 24.6 Å². The molecule has 1 aromatic heterocycles. The van der Waals surface area contributed by atoms with E-state index in [9.17, 15) is 9.18 Å². The topological polar surface area (TPSA) is 54.0 Å². The van der Waals surface area contributed by atoms with Gasteiger partial charge in [0.15, 0.2) is 0 Å². The third kappa shape index (κ3) is 4.58. The Morgan fingerprint density at radius 3 is 2.58 bits per heavy atom. The molecular formula is C20H17ClFN3O. The van der Waals surface area contributed by atoms with Crippen molar-refractivity contribution in [2.75, 3.05) is 10.6 Å². The first-order chi connectivity index (χ1) is 12.5. The number of pyridine rings is 1. The van der Waals surface area contributed by atoms with Crippen LogP contribution < -0.4 is 10.6 Å². The number of carbonyl (C=O) groups excluding carboxylic acids is 1. The fourth-order valence-corrected chi connectivity index (χ4v) is 2.53. The fraction of sp³-hybridized carbons (Fsp3) is 0.100. The Balaban J connectivity index is 1.66. The monoisotopic (exact) mass is 369 g/mol. The Morgan fingerprint density at radius 2 is 1.85 bits per heavy atom. The lowest BCUT2D eigenvalue weighted by Gasteiger charge is -2.09. The van der Waals surface area contributed by atoms with E-state index in [0.29, 0.717) is 17.8 Å². The summed E-state index contributed by atoms with van der Waals surface area (Å²) in [6, 6.07) is 13.9. The zero-order valence-corrected chi connectivity index (χ0v) is 14.8. The highest BCUT2D eigenvalue weighted by Crippen LogP contribution is 2.20. The number of amides is 1. The van der Waals surface area contributed by atoms with Gasteiger partial charge >= 0.3 is 0 Å². The van der Waals surface area contributed by atoms with E-state index in [1.165, 1.54) is 30.0 Å². The Hall–Kier alpha value is -2.92. The summed E-state index contributed by atoms with van der Waals surface area (Å²) in [5.41, 5.74) is 3.87. The normalized spacial score (nSPS) is 10.4. The van der Waals surface area contributed by atoms with Crippen molar-refractivity contribution in [2.45, 2.75) is 13.5 Å². The average molecular weight is 370 g/mol. The first-order valence-electron chi connectivity index (χ1n) is 8.02. The number of hydrogen-bond acceptors (Lipinski definition) is 3. The van der Waals surface area contributed by atoms with Crippen LogP contribution >= 0.6 is 11.6 Å². The molecule has 0 bridgehead atoms. The minimum Gasteiger partial charge on any atom is -0.380 e. The van der Waals surface area contributed by atoms with E-state index in [0.717, 1.165) is 11.3 Å². The van der Waals surface area contributed by atoms with Gasteiger partial charge in [-0.2, -0.15) is 0 Å². The first kappa shape index (κ1) is 17.9. The quantitative estimate of drug-likeness (QED) is 0.662. The molecule has 2 aromatic carbocycles. The summed E-state index contributed by atoms with van der Waals surface area (Å²) in [4.78, 5) is 16.5. The summed E-state index contributed by atoms with van der Waals surface area (Å²) in [7, 11) is 0.